The molecule has 4 nitrogen and oxygen atoms in total. The van der Waals surface area contributed by atoms with Crippen molar-refractivity contribution < 1.29 is 9.53 Å². The number of carbonyl (C=O) groups is 1. The molecule has 0 bridgehead atoms. The number of halogens is 1. The monoisotopic (exact) mass is 244 g/mol. The van der Waals surface area contributed by atoms with Gasteiger partial charge in [-0.25, -0.2) is 5.84 Å². The number of nitrogen functional groups attached to an aromatic ring is 1. The van der Waals surface area contributed by atoms with Gasteiger partial charge in [-0.15, -0.1) is 0 Å². The van der Waals surface area contributed by atoms with Gasteiger partial charge in [0.2, 0.25) is 0 Å². The summed E-state index contributed by atoms with van der Waals surface area (Å²) in [6, 6.07) is 5.07. The molecule has 0 saturated carbocycles. The number of methoxy groups -OCH3 is 1. The average molecular weight is 245 g/mol. The summed E-state index contributed by atoms with van der Waals surface area (Å²) in [6.07, 6.45) is 0. The number of hydrogen-bond acceptors (Lipinski definition) is 3. The van der Waals surface area contributed by atoms with Gasteiger partial charge in [-0.3, -0.25) is 10.2 Å². The number of benzene rings is 1. The Balaban J connectivity index is 3.13. The summed E-state index contributed by atoms with van der Waals surface area (Å²) in [5, 5.41) is 0. The van der Waals surface area contributed by atoms with Crippen LogP contribution in [0.15, 0.2) is 22.7 Å². The summed E-state index contributed by atoms with van der Waals surface area (Å²) in [5.74, 6) is 5.11. The summed E-state index contributed by atoms with van der Waals surface area (Å²) >= 11 is 3.27. The van der Waals surface area contributed by atoms with E-state index >= 15 is 0 Å². The van der Waals surface area contributed by atoms with Crippen LogP contribution >= 0.6 is 15.9 Å². The third-order valence-corrected chi connectivity index (χ3v) is 2.03. The van der Waals surface area contributed by atoms with Crippen molar-refractivity contribution in [1.82, 2.24) is 5.43 Å². The number of hydrogen-bond donors (Lipinski definition) is 2. The van der Waals surface area contributed by atoms with Gasteiger partial charge in [0, 0.05) is 4.47 Å². The van der Waals surface area contributed by atoms with Crippen molar-refractivity contribution in [2.24, 2.45) is 5.84 Å². The zero-order valence-corrected chi connectivity index (χ0v) is 8.59. The summed E-state index contributed by atoms with van der Waals surface area (Å²) in [6.45, 7) is 0. The number of nitrogens with two attached hydrogens (primary N) is 1. The summed E-state index contributed by atoms with van der Waals surface area (Å²) < 4.78 is 5.85. The molecule has 0 fully saturated rings. The molecule has 1 aromatic carbocycles. The second kappa shape index (κ2) is 4.25. The molecule has 5 heteroatoms. The molecule has 0 unspecified atom stereocenters. The Bertz CT molecular complexity index is 328. The minimum atomic E-state index is -0.371. The topological polar surface area (TPSA) is 64.3 Å². The highest BCUT2D eigenvalue weighted by Crippen LogP contribution is 2.22. The maximum absolute atomic E-state index is 11.2. The van der Waals surface area contributed by atoms with E-state index in [1.54, 1.807) is 18.2 Å². The molecule has 0 atom stereocenters. The maximum Gasteiger partial charge on any atom is 0.268 e. The quantitative estimate of drug-likeness (QED) is 0.465. The third-order valence-electron chi connectivity index (χ3n) is 1.54. The number of nitrogens with one attached hydrogen (secondary N) is 1. The Labute approximate surface area is 84.2 Å². The molecule has 1 rings (SSSR count). The van der Waals surface area contributed by atoms with Crippen molar-refractivity contribution in [1.29, 1.82) is 0 Å². The van der Waals surface area contributed by atoms with Crippen molar-refractivity contribution in [2.75, 3.05) is 7.11 Å². The van der Waals surface area contributed by atoms with E-state index in [9.17, 15) is 4.79 Å². The molecule has 1 amide bonds. The first-order valence-electron chi connectivity index (χ1n) is 3.53. The van der Waals surface area contributed by atoms with E-state index in [1.165, 1.54) is 7.11 Å². The van der Waals surface area contributed by atoms with Crippen molar-refractivity contribution in [3.8, 4) is 5.75 Å². The highest BCUT2D eigenvalue weighted by molar-refractivity contribution is 9.10. The lowest BCUT2D eigenvalue weighted by molar-refractivity contribution is 0.0950. The molecule has 0 saturated heterocycles. The zero-order chi connectivity index (χ0) is 9.84. The van der Waals surface area contributed by atoms with Crippen LogP contribution in [0.2, 0.25) is 0 Å². The maximum atomic E-state index is 11.2. The number of rotatable bonds is 2. The Morgan fingerprint density at radius 1 is 1.62 bits per heavy atom. The molecule has 0 spiro atoms. The van der Waals surface area contributed by atoms with Crippen LogP contribution in [-0.4, -0.2) is 13.0 Å². The highest BCUT2D eigenvalue weighted by atomic mass is 79.9. The van der Waals surface area contributed by atoms with Gasteiger partial charge in [-0.05, 0) is 18.2 Å². The van der Waals surface area contributed by atoms with E-state index in [0.29, 0.717) is 11.3 Å². The Kier molecular flexibility index (Phi) is 3.27. The largest absolute Gasteiger partial charge is 0.496 e. The number of hydrazine groups is 1. The summed E-state index contributed by atoms with van der Waals surface area (Å²) in [4.78, 5) is 11.2. The van der Waals surface area contributed by atoms with Crippen molar-refractivity contribution in [3.05, 3.63) is 28.2 Å². The van der Waals surface area contributed by atoms with Crippen LogP contribution in [0, 0.1) is 0 Å². The lowest BCUT2D eigenvalue weighted by atomic mass is 10.2. The van der Waals surface area contributed by atoms with Gasteiger partial charge in [-0.2, -0.15) is 0 Å². The SMILES string of the molecule is COc1cc(Br)ccc1C(=O)NN. The standard InChI is InChI=1S/C8H9BrN2O2/c1-13-7-4-5(9)2-3-6(7)8(12)11-10/h2-4H,10H2,1H3,(H,11,12). The smallest absolute Gasteiger partial charge is 0.268 e. The molecular weight excluding hydrogens is 236 g/mol. The minimum absolute atomic E-state index is 0.371. The first-order chi connectivity index (χ1) is 6.19. The number of amides is 1. The van der Waals surface area contributed by atoms with Crippen LogP contribution in [0.5, 0.6) is 5.75 Å². The molecule has 0 aliphatic carbocycles. The fourth-order valence-corrected chi connectivity index (χ4v) is 1.27. The van der Waals surface area contributed by atoms with Gasteiger partial charge in [0.15, 0.2) is 0 Å². The normalized spacial score (nSPS) is 9.46. The van der Waals surface area contributed by atoms with Crippen LogP contribution in [-0.2, 0) is 0 Å². The van der Waals surface area contributed by atoms with E-state index in [-0.39, 0.29) is 5.91 Å². The summed E-state index contributed by atoms with van der Waals surface area (Å²) in [7, 11) is 1.50. The summed E-state index contributed by atoms with van der Waals surface area (Å²) in [5.41, 5.74) is 2.45. The van der Waals surface area contributed by atoms with E-state index in [1.807, 2.05) is 5.43 Å². The molecule has 0 aromatic heterocycles. The Hall–Kier alpha value is -1.07. The second-order valence-corrected chi connectivity index (χ2v) is 3.23. The van der Waals surface area contributed by atoms with Gasteiger partial charge in [0.25, 0.3) is 5.91 Å². The molecule has 1 aromatic rings. The highest BCUT2D eigenvalue weighted by Gasteiger charge is 2.10. The fraction of sp³-hybridized carbons (Fsp3) is 0.125. The lowest BCUT2D eigenvalue weighted by Gasteiger charge is -2.06. The first-order valence-corrected chi connectivity index (χ1v) is 4.33. The van der Waals surface area contributed by atoms with E-state index in [4.69, 9.17) is 10.6 Å². The fourth-order valence-electron chi connectivity index (χ4n) is 0.930. The third kappa shape index (κ3) is 2.19. The predicted octanol–water partition coefficient (Wildman–Crippen LogP) is 1.06. The first kappa shape index (κ1) is 10.0. The van der Waals surface area contributed by atoms with Crippen LogP contribution in [0.1, 0.15) is 10.4 Å². The number of ether oxygens (including phenoxy) is 1. The second-order valence-electron chi connectivity index (χ2n) is 2.32. The van der Waals surface area contributed by atoms with Gasteiger partial charge in [0.1, 0.15) is 5.75 Å². The average Bonchev–Trinajstić information content (AvgIpc) is 2.16. The molecule has 3 N–H and O–H groups in total. The van der Waals surface area contributed by atoms with Crippen LogP contribution in [0.25, 0.3) is 0 Å². The lowest BCUT2D eigenvalue weighted by Crippen LogP contribution is -2.30. The van der Waals surface area contributed by atoms with Crippen molar-refractivity contribution >= 4 is 21.8 Å². The van der Waals surface area contributed by atoms with Crippen LogP contribution in [0.3, 0.4) is 0 Å². The Morgan fingerprint density at radius 3 is 2.85 bits per heavy atom. The molecule has 0 heterocycles. The van der Waals surface area contributed by atoms with E-state index in [2.05, 4.69) is 15.9 Å². The van der Waals surface area contributed by atoms with Gasteiger partial charge < -0.3 is 4.74 Å². The van der Waals surface area contributed by atoms with Crippen molar-refractivity contribution in [2.45, 2.75) is 0 Å². The molecule has 70 valence electrons. The predicted molar refractivity (Wildman–Crippen MR) is 52.3 cm³/mol. The minimum Gasteiger partial charge on any atom is -0.496 e. The molecule has 13 heavy (non-hydrogen) atoms. The zero-order valence-electron chi connectivity index (χ0n) is 7.00. The molecule has 0 radical (unpaired) electrons. The molecule has 0 aliphatic heterocycles. The molecular formula is C8H9BrN2O2. The van der Waals surface area contributed by atoms with Crippen LogP contribution < -0.4 is 16.0 Å². The van der Waals surface area contributed by atoms with Gasteiger partial charge >= 0.3 is 0 Å². The number of carbonyl (C=O) groups excluding carboxylic acids is 1. The Morgan fingerprint density at radius 2 is 2.31 bits per heavy atom. The van der Waals surface area contributed by atoms with Gasteiger partial charge in [-0.1, -0.05) is 15.9 Å². The van der Waals surface area contributed by atoms with Gasteiger partial charge in [0.05, 0.1) is 12.7 Å². The molecule has 0 aliphatic rings. The van der Waals surface area contributed by atoms with Crippen LogP contribution in [0.4, 0.5) is 0 Å². The van der Waals surface area contributed by atoms with Crippen molar-refractivity contribution in [3.63, 3.8) is 0 Å². The van der Waals surface area contributed by atoms with E-state index < -0.39 is 0 Å². The van der Waals surface area contributed by atoms with E-state index in [0.717, 1.165) is 4.47 Å².